The van der Waals surface area contributed by atoms with E-state index in [0.717, 1.165) is 58.2 Å². The molecule has 230 valence electrons. The fraction of sp³-hybridized carbons (Fsp3) is 0.312. The zero-order valence-corrected chi connectivity index (χ0v) is 25.5. The van der Waals surface area contributed by atoms with Crippen molar-refractivity contribution in [1.82, 2.24) is 20.1 Å². The lowest BCUT2D eigenvalue weighted by molar-refractivity contribution is -0.274. The van der Waals surface area contributed by atoms with Crippen LogP contribution in [0.1, 0.15) is 42.4 Å². The molecule has 1 unspecified atom stereocenters. The van der Waals surface area contributed by atoms with Gasteiger partial charge in [-0.25, -0.2) is 14.5 Å². The first-order valence-electron chi connectivity index (χ1n) is 14.3. The Morgan fingerprint density at radius 1 is 1.07 bits per heavy atom. The molecule has 0 bridgehead atoms. The molecular formula is C32H33F3N6O2S. The summed E-state index contributed by atoms with van der Waals surface area (Å²) in [4.78, 5) is 23.9. The molecule has 0 aliphatic carbocycles. The largest absolute Gasteiger partial charge is 0.573 e. The quantitative estimate of drug-likeness (QED) is 0.217. The Morgan fingerprint density at radius 3 is 2.43 bits per heavy atom. The third kappa shape index (κ3) is 7.60. The summed E-state index contributed by atoms with van der Waals surface area (Å²) in [6.07, 6.45) is -1.40. The van der Waals surface area contributed by atoms with E-state index in [2.05, 4.69) is 62.9 Å². The number of thioether (sulfide) groups is 1. The van der Waals surface area contributed by atoms with Gasteiger partial charge in [0.2, 0.25) is 0 Å². The van der Waals surface area contributed by atoms with Crippen molar-refractivity contribution in [1.29, 1.82) is 0 Å². The molecule has 2 amide bonds. The number of rotatable bonds is 8. The second-order valence-electron chi connectivity index (χ2n) is 10.5. The van der Waals surface area contributed by atoms with E-state index >= 15 is 0 Å². The smallest absolute Gasteiger partial charge is 0.406 e. The number of para-hydroxylation sites is 1. The fourth-order valence-electron chi connectivity index (χ4n) is 5.15. The lowest BCUT2D eigenvalue weighted by Crippen LogP contribution is -2.37. The number of aromatic nitrogens is 3. The summed E-state index contributed by atoms with van der Waals surface area (Å²) in [6, 6.07) is 19.1. The fourth-order valence-corrected chi connectivity index (χ4v) is 6.09. The number of benzene rings is 3. The van der Waals surface area contributed by atoms with Crippen LogP contribution in [0.15, 0.2) is 78.0 Å². The standard InChI is InChI=1S/C32H33F3N6O2S/c1-4-23(19-36-30(42)38-31-40(17-6-18-44-31)28-21(2)7-5-8-22(28)3)24-9-11-25(12-10-24)29-37-20-41(39-29)26-13-15-27(16-14-26)43-32(33,34)35/h5,7-16,20,23H,4,6,17-19H2,1-3H3,(H,36,42). The van der Waals surface area contributed by atoms with Gasteiger partial charge in [0.1, 0.15) is 12.1 Å². The predicted molar refractivity (Wildman–Crippen MR) is 168 cm³/mol. The summed E-state index contributed by atoms with van der Waals surface area (Å²) in [5, 5.41) is 8.19. The van der Waals surface area contributed by atoms with E-state index in [1.165, 1.54) is 35.3 Å². The number of aliphatic imine (C=N–C) groups is 1. The normalized spacial score (nSPS) is 15.3. The lowest BCUT2D eigenvalue weighted by atomic mass is 9.95. The molecule has 3 aromatic carbocycles. The number of halogens is 3. The number of alkyl halides is 3. The van der Waals surface area contributed by atoms with Crippen LogP contribution in [-0.4, -0.2) is 51.2 Å². The van der Waals surface area contributed by atoms with Gasteiger partial charge >= 0.3 is 12.4 Å². The van der Waals surface area contributed by atoms with Gasteiger partial charge in [-0.3, -0.25) is 0 Å². The molecule has 4 aromatic rings. The van der Waals surface area contributed by atoms with Crippen molar-refractivity contribution in [2.24, 2.45) is 4.99 Å². The van der Waals surface area contributed by atoms with Gasteiger partial charge in [-0.1, -0.05) is 61.2 Å². The van der Waals surface area contributed by atoms with Gasteiger partial charge in [-0.05, 0) is 67.6 Å². The molecule has 1 fully saturated rings. The topological polar surface area (TPSA) is 84.6 Å². The van der Waals surface area contributed by atoms with Crippen LogP contribution >= 0.6 is 11.8 Å². The Labute approximate surface area is 258 Å². The molecule has 1 atom stereocenters. The monoisotopic (exact) mass is 622 g/mol. The van der Waals surface area contributed by atoms with E-state index < -0.39 is 6.36 Å². The van der Waals surface area contributed by atoms with Crippen LogP contribution in [-0.2, 0) is 0 Å². The average molecular weight is 623 g/mol. The van der Waals surface area contributed by atoms with Crippen LogP contribution in [0.5, 0.6) is 5.75 Å². The maximum atomic E-state index is 12.9. The molecule has 44 heavy (non-hydrogen) atoms. The number of aryl methyl sites for hydroxylation is 2. The van der Waals surface area contributed by atoms with Crippen molar-refractivity contribution in [2.45, 2.75) is 45.9 Å². The molecule has 1 aliphatic rings. The maximum absolute atomic E-state index is 12.9. The predicted octanol–water partition coefficient (Wildman–Crippen LogP) is 7.65. The van der Waals surface area contributed by atoms with E-state index in [-0.39, 0.29) is 17.7 Å². The Hall–Kier alpha value is -4.32. The molecule has 1 aromatic heterocycles. The first kappa shape index (κ1) is 31.1. The van der Waals surface area contributed by atoms with Gasteiger partial charge < -0.3 is 15.0 Å². The molecular weight excluding hydrogens is 589 g/mol. The number of ether oxygens (including phenoxy) is 1. The van der Waals surface area contributed by atoms with E-state index in [9.17, 15) is 18.0 Å². The number of urea groups is 1. The first-order valence-corrected chi connectivity index (χ1v) is 15.3. The molecule has 5 rings (SSSR count). The molecule has 2 heterocycles. The van der Waals surface area contributed by atoms with Gasteiger partial charge in [-0.2, -0.15) is 4.99 Å². The molecule has 1 saturated heterocycles. The van der Waals surface area contributed by atoms with E-state index in [1.54, 1.807) is 11.8 Å². The summed E-state index contributed by atoms with van der Waals surface area (Å²) < 4.78 is 42.7. The number of anilines is 1. The summed E-state index contributed by atoms with van der Waals surface area (Å²) in [5.41, 5.74) is 5.83. The molecule has 1 N–H and O–H groups in total. The maximum Gasteiger partial charge on any atom is 0.573 e. The van der Waals surface area contributed by atoms with Gasteiger partial charge in [0.05, 0.1) is 5.69 Å². The van der Waals surface area contributed by atoms with Crippen LogP contribution in [0.3, 0.4) is 0 Å². The van der Waals surface area contributed by atoms with E-state index in [0.29, 0.717) is 18.1 Å². The third-order valence-electron chi connectivity index (χ3n) is 7.35. The van der Waals surface area contributed by atoms with Gasteiger partial charge in [-0.15, -0.1) is 18.3 Å². The Morgan fingerprint density at radius 2 is 1.77 bits per heavy atom. The first-order chi connectivity index (χ1) is 21.1. The summed E-state index contributed by atoms with van der Waals surface area (Å²) in [6.45, 7) is 7.50. The van der Waals surface area contributed by atoms with E-state index in [1.807, 2.05) is 30.3 Å². The molecule has 0 saturated carbocycles. The van der Waals surface area contributed by atoms with Crippen molar-refractivity contribution in [3.05, 3.63) is 89.7 Å². The second-order valence-corrected chi connectivity index (χ2v) is 11.5. The number of amides is 2. The number of amidine groups is 1. The highest BCUT2D eigenvalue weighted by Crippen LogP contribution is 2.31. The molecule has 0 spiro atoms. The summed E-state index contributed by atoms with van der Waals surface area (Å²) in [5.74, 6) is 1.18. The number of nitrogens with zero attached hydrogens (tertiary/aromatic N) is 5. The van der Waals surface area contributed by atoms with Crippen LogP contribution in [0.25, 0.3) is 17.1 Å². The van der Waals surface area contributed by atoms with E-state index in [4.69, 9.17) is 0 Å². The number of carbonyl (C=O) groups excluding carboxylic acids is 1. The third-order valence-corrected chi connectivity index (χ3v) is 8.42. The van der Waals surface area contributed by atoms with Gasteiger partial charge in [0.25, 0.3) is 0 Å². The Balaban J connectivity index is 1.22. The van der Waals surface area contributed by atoms with Crippen molar-refractivity contribution in [2.75, 3.05) is 23.7 Å². The minimum atomic E-state index is -4.75. The summed E-state index contributed by atoms with van der Waals surface area (Å²) >= 11 is 1.61. The van der Waals surface area contributed by atoms with Gasteiger partial charge in [0, 0.05) is 36.0 Å². The number of nitrogens with one attached hydrogen (secondary N) is 1. The molecule has 0 radical (unpaired) electrons. The highest BCUT2D eigenvalue weighted by atomic mass is 32.2. The number of carbonyl (C=O) groups is 1. The minimum absolute atomic E-state index is 0.0878. The van der Waals surface area contributed by atoms with Crippen LogP contribution in [0.4, 0.5) is 23.7 Å². The molecule has 12 heteroatoms. The highest BCUT2D eigenvalue weighted by molar-refractivity contribution is 8.14. The number of hydrogen-bond donors (Lipinski definition) is 1. The zero-order chi connectivity index (χ0) is 31.3. The second kappa shape index (κ2) is 13.5. The molecule has 1 aliphatic heterocycles. The van der Waals surface area contributed by atoms with Crippen LogP contribution in [0, 0.1) is 13.8 Å². The molecule has 8 nitrogen and oxygen atoms in total. The van der Waals surface area contributed by atoms with Crippen molar-refractivity contribution in [3.8, 4) is 22.8 Å². The lowest BCUT2D eigenvalue weighted by Gasteiger charge is -2.32. The number of hydrogen-bond acceptors (Lipinski definition) is 5. The summed E-state index contributed by atoms with van der Waals surface area (Å²) in [7, 11) is 0. The van der Waals surface area contributed by atoms with Crippen LogP contribution < -0.4 is 15.0 Å². The van der Waals surface area contributed by atoms with Crippen LogP contribution in [0.2, 0.25) is 0 Å². The zero-order valence-electron chi connectivity index (χ0n) is 24.6. The minimum Gasteiger partial charge on any atom is -0.406 e. The van der Waals surface area contributed by atoms with Crippen molar-refractivity contribution >= 4 is 28.6 Å². The van der Waals surface area contributed by atoms with Crippen molar-refractivity contribution < 1.29 is 22.7 Å². The average Bonchev–Trinajstić information content (AvgIpc) is 3.49. The van der Waals surface area contributed by atoms with Gasteiger partial charge in [0.15, 0.2) is 11.0 Å². The Kier molecular flexibility index (Phi) is 9.58. The SMILES string of the molecule is CCC(CNC(=O)N=C1SCCCN1c1c(C)cccc1C)c1ccc(-c2ncn(-c3ccc(OC(F)(F)F)cc3)n2)cc1. The Bertz CT molecular complexity index is 1600. The van der Waals surface area contributed by atoms with Crippen molar-refractivity contribution in [3.63, 3.8) is 0 Å². The highest BCUT2D eigenvalue weighted by Gasteiger charge is 2.31.